The Bertz CT molecular complexity index is 223. The molecule has 1 atom stereocenters. The fourth-order valence-electron chi connectivity index (χ4n) is 1.55. The normalized spacial score (nSPS) is 20.1. The van der Waals surface area contributed by atoms with Gasteiger partial charge < -0.3 is 15.2 Å². The van der Waals surface area contributed by atoms with Crippen molar-refractivity contribution >= 4 is 11.9 Å². The van der Waals surface area contributed by atoms with Crippen LogP contribution in [0.3, 0.4) is 0 Å². The molecule has 1 fully saturated rings. The summed E-state index contributed by atoms with van der Waals surface area (Å²) in [6.07, 6.45) is 3.19. The van der Waals surface area contributed by atoms with Gasteiger partial charge in [-0.3, -0.25) is 9.59 Å². The molecule has 1 saturated heterocycles. The molecule has 0 bridgehead atoms. The van der Waals surface area contributed by atoms with Crippen molar-refractivity contribution < 1.29 is 19.4 Å². The molecule has 2 N–H and O–H groups in total. The van der Waals surface area contributed by atoms with Crippen LogP contribution in [0.4, 0.5) is 0 Å². The molecular weight excluding hydrogens is 198 g/mol. The lowest BCUT2D eigenvalue weighted by Crippen LogP contribution is -2.27. The summed E-state index contributed by atoms with van der Waals surface area (Å²) in [7, 11) is 0. The summed E-state index contributed by atoms with van der Waals surface area (Å²) in [5.74, 6) is -1.14. The van der Waals surface area contributed by atoms with Crippen molar-refractivity contribution in [3.63, 3.8) is 0 Å². The number of carboxylic acid groups (broad SMARTS) is 1. The first-order chi connectivity index (χ1) is 7.18. The molecule has 0 aromatic carbocycles. The van der Waals surface area contributed by atoms with Gasteiger partial charge in [0.2, 0.25) is 5.91 Å². The van der Waals surface area contributed by atoms with E-state index in [0.717, 1.165) is 25.9 Å². The number of nitrogens with one attached hydrogen (secondary N) is 1. The van der Waals surface area contributed by atoms with Crippen LogP contribution in [0.2, 0.25) is 0 Å². The number of ether oxygens (including phenoxy) is 1. The van der Waals surface area contributed by atoms with E-state index in [9.17, 15) is 9.59 Å². The molecule has 86 valence electrons. The monoisotopic (exact) mass is 215 g/mol. The number of carbonyl (C=O) groups excluding carboxylic acids is 1. The summed E-state index contributed by atoms with van der Waals surface area (Å²) < 4.78 is 5.39. The zero-order valence-electron chi connectivity index (χ0n) is 8.70. The minimum Gasteiger partial charge on any atom is -0.481 e. The van der Waals surface area contributed by atoms with Crippen LogP contribution < -0.4 is 5.32 Å². The molecule has 1 heterocycles. The van der Waals surface area contributed by atoms with Gasteiger partial charge in [0.15, 0.2) is 0 Å². The number of aliphatic carboxylic acids is 1. The van der Waals surface area contributed by atoms with Crippen molar-refractivity contribution in [3.05, 3.63) is 0 Å². The Balaban J connectivity index is 1.98. The van der Waals surface area contributed by atoms with E-state index in [2.05, 4.69) is 5.32 Å². The summed E-state index contributed by atoms with van der Waals surface area (Å²) >= 11 is 0. The van der Waals surface area contributed by atoms with Crippen molar-refractivity contribution in [3.8, 4) is 0 Å². The van der Waals surface area contributed by atoms with Gasteiger partial charge in [-0.15, -0.1) is 0 Å². The highest BCUT2D eigenvalue weighted by Crippen LogP contribution is 2.14. The number of amides is 1. The maximum absolute atomic E-state index is 11.1. The molecule has 1 unspecified atom stereocenters. The molecule has 0 aliphatic carbocycles. The first-order valence-electron chi connectivity index (χ1n) is 5.28. The van der Waals surface area contributed by atoms with Gasteiger partial charge in [0, 0.05) is 19.6 Å². The highest BCUT2D eigenvalue weighted by molar-refractivity contribution is 5.80. The predicted octanol–water partition coefficient (Wildman–Crippen LogP) is 0.536. The average molecular weight is 215 g/mol. The molecule has 5 nitrogen and oxygen atoms in total. The van der Waals surface area contributed by atoms with Crippen LogP contribution in [0.5, 0.6) is 0 Å². The van der Waals surface area contributed by atoms with E-state index in [1.54, 1.807) is 0 Å². The number of hydrogen-bond acceptors (Lipinski definition) is 3. The second-order valence-corrected chi connectivity index (χ2v) is 3.67. The van der Waals surface area contributed by atoms with Crippen LogP contribution in [0.25, 0.3) is 0 Å². The third-order valence-electron chi connectivity index (χ3n) is 2.38. The van der Waals surface area contributed by atoms with E-state index in [4.69, 9.17) is 9.84 Å². The van der Waals surface area contributed by atoms with Gasteiger partial charge in [0.05, 0.1) is 12.5 Å². The quantitative estimate of drug-likeness (QED) is 0.678. The lowest BCUT2D eigenvalue weighted by molar-refractivity contribution is -0.138. The summed E-state index contributed by atoms with van der Waals surface area (Å²) in [4.78, 5) is 21.3. The molecule has 15 heavy (non-hydrogen) atoms. The Morgan fingerprint density at radius 3 is 2.80 bits per heavy atom. The molecule has 0 aromatic rings. The molecule has 1 rings (SSSR count). The maximum Gasteiger partial charge on any atom is 0.303 e. The molecule has 5 heteroatoms. The van der Waals surface area contributed by atoms with Crippen molar-refractivity contribution in [1.29, 1.82) is 0 Å². The first-order valence-corrected chi connectivity index (χ1v) is 5.28. The topological polar surface area (TPSA) is 75.6 Å². The fraction of sp³-hybridized carbons (Fsp3) is 0.800. The van der Waals surface area contributed by atoms with Crippen LogP contribution in [0.1, 0.15) is 32.1 Å². The second kappa shape index (κ2) is 6.40. The molecule has 0 saturated carbocycles. The van der Waals surface area contributed by atoms with Gasteiger partial charge in [-0.2, -0.15) is 0 Å². The standard InChI is InChI=1S/C10H17NO4/c12-9(3-4-10(13)14)11-6-5-8-2-1-7-15-8/h8H,1-7H2,(H,11,12)(H,13,14). The first kappa shape index (κ1) is 12.0. The van der Waals surface area contributed by atoms with E-state index in [1.807, 2.05) is 0 Å². The van der Waals surface area contributed by atoms with E-state index >= 15 is 0 Å². The molecule has 0 aromatic heterocycles. The Kier molecular flexibility index (Phi) is 5.10. The average Bonchev–Trinajstić information content (AvgIpc) is 2.67. The predicted molar refractivity (Wildman–Crippen MR) is 53.5 cm³/mol. The van der Waals surface area contributed by atoms with Gasteiger partial charge >= 0.3 is 5.97 Å². The van der Waals surface area contributed by atoms with Crippen LogP contribution in [0.15, 0.2) is 0 Å². The highest BCUT2D eigenvalue weighted by Gasteiger charge is 2.15. The van der Waals surface area contributed by atoms with Gasteiger partial charge in [-0.1, -0.05) is 0 Å². The lowest BCUT2D eigenvalue weighted by Gasteiger charge is -2.09. The lowest BCUT2D eigenvalue weighted by atomic mass is 10.2. The minimum absolute atomic E-state index is 0.0564. The van der Waals surface area contributed by atoms with E-state index in [0.29, 0.717) is 6.54 Å². The van der Waals surface area contributed by atoms with E-state index < -0.39 is 5.97 Å². The molecule has 0 spiro atoms. The number of carbonyl (C=O) groups is 2. The number of hydrogen-bond donors (Lipinski definition) is 2. The van der Waals surface area contributed by atoms with Crippen molar-refractivity contribution in [2.24, 2.45) is 0 Å². The molecule has 1 amide bonds. The molecule has 1 aliphatic rings. The zero-order chi connectivity index (χ0) is 11.1. The highest BCUT2D eigenvalue weighted by atomic mass is 16.5. The third-order valence-corrected chi connectivity index (χ3v) is 2.38. The Hall–Kier alpha value is -1.10. The van der Waals surface area contributed by atoms with E-state index in [-0.39, 0.29) is 24.9 Å². The summed E-state index contributed by atoms with van der Waals surface area (Å²) in [6, 6.07) is 0. The van der Waals surface area contributed by atoms with Crippen LogP contribution in [-0.2, 0) is 14.3 Å². The van der Waals surface area contributed by atoms with Crippen LogP contribution >= 0.6 is 0 Å². The van der Waals surface area contributed by atoms with Crippen LogP contribution in [-0.4, -0.2) is 36.2 Å². The zero-order valence-corrected chi connectivity index (χ0v) is 8.70. The van der Waals surface area contributed by atoms with Crippen molar-refractivity contribution in [2.45, 2.75) is 38.2 Å². The maximum atomic E-state index is 11.1. The molecular formula is C10H17NO4. The van der Waals surface area contributed by atoms with Gasteiger partial charge in [-0.25, -0.2) is 0 Å². The largest absolute Gasteiger partial charge is 0.481 e. The number of rotatable bonds is 6. The Morgan fingerprint density at radius 1 is 1.40 bits per heavy atom. The molecule has 1 aliphatic heterocycles. The van der Waals surface area contributed by atoms with Crippen molar-refractivity contribution in [1.82, 2.24) is 5.32 Å². The summed E-state index contributed by atoms with van der Waals surface area (Å²) in [6.45, 7) is 1.39. The summed E-state index contributed by atoms with van der Waals surface area (Å²) in [5, 5.41) is 11.0. The summed E-state index contributed by atoms with van der Waals surface area (Å²) in [5.41, 5.74) is 0. The van der Waals surface area contributed by atoms with Gasteiger partial charge in [0.1, 0.15) is 0 Å². The second-order valence-electron chi connectivity index (χ2n) is 3.67. The third kappa shape index (κ3) is 5.37. The number of carboxylic acids is 1. The van der Waals surface area contributed by atoms with E-state index in [1.165, 1.54) is 0 Å². The molecule has 0 radical (unpaired) electrons. The van der Waals surface area contributed by atoms with Gasteiger partial charge in [-0.05, 0) is 19.3 Å². The SMILES string of the molecule is O=C(O)CCC(=O)NCCC1CCCO1. The van der Waals surface area contributed by atoms with Crippen molar-refractivity contribution in [2.75, 3.05) is 13.2 Å². The smallest absolute Gasteiger partial charge is 0.303 e. The Labute approximate surface area is 88.8 Å². The Morgan fingerprint density at radius 2 is 2.20 bits per heavy atom. The van der Waals surface area contributed by atoms with Crippen LogP contribution in [0, 0.1) is 0 Å². The minimum atomic E-state index is -0.940. The van der Waals surface area contributed by atoms with Gasteiger partial charge in [0.25, 0.3) is 0 Å². The fourth-order valence-corrected chi connectivity index (χ4v) is 1.55.